The Morgan fingerprint density at radius 1 is 1.19 bits per heavy atom. The van der Waals surface area contributed by atoms with Crippen LogP contribution in [0.25, 0.3) is 0 Å². The van der Waals surface area contributed by atoms with Crippen LogP contribution in [0.1, 0.15) is 35.4 Å². The van der Waals surface area contributed by atoms with Gasteiger partial charge in [0, 0.05) is 16.2 Å². The molecule has 0 heterocycles. The molecular formula is C18H17BrN2. The second kappa shape index (κ2) is 5.91. The van der Waals surface area contributed by atoms with E-state index in [1.165, 1.54) is 11.1 Å². The molecule has 3 rings (SSSR count). The number of nitriles is 1. The largest absolute Gasteiger partial charge is 0.381 e. The van der Waals surface area contributed by atoms with Crippen molar-refractivity contribution in [2.75, 3.05) is 5.32 Å². The summed E-state index contributed by atoms with van der Waals surface area (Å²) < 4.78 is 0.959. The number of nitrogens with zero attached hydrogens (tertiary/aromatic N) is 1. The Hall–Kier alpha value is -1.79. The van der Waals surface area contributed by atoms with E-state index < -0.39 is 0 Å². The minimum Gasteiger partial charge on any atom is -0.381 e. The summed E-state index contributed by atoms with van der Waals surface area (Å²) >= 11 is 3.53. The van der Waals surface area contributed by atoms with Gasteiger partial charge in [-0.25, -0.2) is 0 Å². The van der Waals surface area contributed by atoms with Crippen molar-refractivity contribution >= 4 is 21.6 Å². The predicted molar refractivity (Wildman–Crippen MR) is 89.4 cm³/mol. The van der Waals surface area contributed by atoms with Crippen molar-refractivity contribution in [2.24, 2.45) is 0 Å². The van der Waals surface area contributed by atoms with Crippen molar-refractivity contribution in [3.05, 3.63) is 63.6 Å². The second-order valence-corrected chi connectivity index (χ2v) is 6.58. The first-order valence-electron chi connectivity index (χ1n) is 7.18. The second-order valence-electron chi connectivity index (χ2n) is 5.73. The summed E-state index contributed by atoms with van der Waals surface area (Å²) in [6.45, 7) is 2.14. The molecule has 2 aromatic rings. The summed E-state index contributed by atoms with van der Waals surface area (Å²) in [6.07, 6.45) is 2.33. The zero-order valence-electron chi connectivity index (χ0n) is 11.9. The average Bonchev–Trinajstić information content (AvgIpc) is 2.43. The summed E-state index contributed by atoms with van der Waals surface area (Å²) in [5.74, 6) is 0.666. The van der Waals surface area contributed by atoms with E-state index in [2.05, 4.69) is 58.5 Å². The van der Waals surface area contributed by atoms with Gasteiger partial charge in [0.05, 0.1) is 11.6 Å². The quantitative estimate of drug-likeness (QED) is 0.854. The molecule has 2 nitrogen and oxygen atoms in total. The van der Waals surface area contributed by atoms with Gasteiger partial charge in [0.2, 0.25) is 0 Å². The third-order valence-electron chi connectivity index (χ3n) is 4.11. The lowest BCUT2D eigenvalue weighted by Crippen LogP contribution is -2.34. The van der Waals surface area contributed by atoms with Crippen LogP contribution in [0, 0.1) is 18.3 Å². The maximum Gasteiger partial charge on any atom is 0.0992 e. The van der Waals surface area contributed by atoms with Crippen LogP contribution >= 0.6 is 15.9 Å². The van der Waals surface area contributed by atoms with Crippen molar-refractivity contribution in [3.63, 3.8) is 0 Å². The molecule has 1 saturated carbocycles. The topological polar surface area (TPSA) is 35.8 Å². The number of benzene rings is 2. The van der Waals surface area contributed by atoms with Crippen molar-refractivity contribution in [3.8, 4) is 6.07 Å². The van der Waals surface area contributed by atoms with E-state index in [1.807, 2.05) is 18.2 Å². The van der Waals surface area contributed by atoms with Crippen molar-refractivity contribution in [1.82, 2.24) is 0 Å². The molecule has 1 aliphatic carbocycles. The first-order valence-corrected chi connectivity index (χ1v) is 7.98. The Morgan fingerprint density at radius 2 is 2.00 bits per heavy atom. The number of nitrogens with one attached hydrogen (secondary N) is 1. The van der Waals surface area contributed by atoms with E-state index >= 15 is 0 Å². The molecule has 106 valence electrons. The molecule has 0 aromatic heterocycles. The van der Waals surface area contributed by atoms with E-state index in [0.29, 0.717) is 17.5 Å². The van der Waals surface area contributed by atoms with E-state index in [4.69, 9.17) is 5.26 Å². The predicted octanol–water partition coefficient (Wildman–Crippen LogP) is 4.99. The number of halogens is 1. The van der Waals surface area contributed by atoms with Crippen molar-refractivity contribution < 1.29 is 0 Å². The highest BCUT2D eigenvalue weighted by Gasteiger charge is 2.30. The molecule has 1 N–H and O–H groups in total. The lowest BCUT2D eigenvalue weighted by atomic mass is 9.75. The Morgan fingerprint density at radius 3 is 2.67 bits per heavy atom. The van der Waals surface area contributed by atoms with Crippen LogP contribution in [0.5, 0.6) is 0 Å². The Bertz CT molecular complexity index is 697. The van der Waals surface area contributed by atoms with Gasteiger partial charge in [-0.2, -0.15) is 5.26 Å². The first-order chi connectivity index (χ1) is 10.2. The van der Waals surface area contributed by atoms with Gasteiger partial charge in [0.15, 0.2) is 0 Å². The molecule has 0 unspecified atom stereocenters. The van der Waals surface area contributed by atoms with E-state index in [-0.39, 0.29) is 0 Å². The number of anilines is 1. The van der Waals surface area contributed by atoms with Gasteiger partial charge < -0.3 is 5.32 Å². The van der Waals surface area contributed by atoms with Crippen LogP contribution in [0.2, 0.25) is 0 Å². The zero-order chi connectivity index (χ0) is 14.8. The fourth-order valence-electron chi connectivity index (χ4n) is 2.85. The molecule has 21 heavy (non-hydrogen) atoms. The maximum atomic E-state index is 8.88. The van der Waals surface area contributed by atoms with Gasteiger partial charge in [-0.3, -0.25) is 0 Å². The fraction of sp³-hybridized carbons (Fsp3) is 0.278. The number of hydrogen-bond acceptors (Lipinski definition) is 2. The summed E-state index contributed by atoms with van der Waals surface area (Å²) in [4.78, 5) is 0. The molecule has 2 aromatic carbocycles. The zero-order valence-corrected chi connectivity index (χ0v) is 13.5. The van der Waals surface area contributed by atoms with Crippen LogP contribution in [0.3, 0.4) is 0 Å². The van der Waals surface area contributed by atoms with Gasteiger partial charge in [-0.1, -0.05) is 29.8 Å². The molecular weight excluding hydrogens is 324 g/mol. The Balaban J connectivity index is 1.61. The third kappa shape index (κ3) is 3.11. The third-order valence-corrected chi connectivity index (χ3v) is 4.77. The van der Waals surface area contributed by atoms with Gasteiger partial charge in [-0.15, -0.1) is 0 Å². The summed E-state index contributed by atoms with van der Waals surface area (Å²) in [5.41, 5.74) is 4.53. The smallest absolute Gasteiger partial charge is 0.0992 e. The number of rotatable bonds is 3. The molecule has 0 aliphatic heterocycles. The van der Waals surface area contributed by atoms with E-state index in [0.717, 1.165) is 23.0 Å². The molecule has 1 fully saturated rings. The summed E-state index contributed by atoms with van der Waals surface area (Å²) in [7, 11) is 0. The molecule has 0 spiro atoms. The van der Waals surface area contributed by atoms with Crippen molar-refractivity contribution in [2.45, 2.75) is 31.7 Å². The van der Waals surface area contributed by atoms with E-state index in [1.54, 1.807) is 0 Å². The summed E-state index contributed by atoms with van der Waals surface area (Å²) in [5, 5.41) is 12.4. The van der Waals surface area contributed by atoms with Crippen LogP contribution in [-0.4, -0.2) is 6.04 Å². The highest BCUT2D eigenvalue weighted by Crippen LogP contribution is 2.39. The van der Waals surface area contributed by atoms with E-state index in [9.17, 15) is 0 Å². The number of hydrogen-bond donors (Lipinski definition) is 1. The highest BCUT2D eigenvalue weighted by atomic mass is 79.9. The molecule has 0 radical (unpaired) electrons. The lowest BCUT2D eigenvalue weighted by Gasteiger charge is -2.37. The van der Waals surface area contributed by atoms with Crippen LogP contribution in [0.15, 0.2) is 46.9 Å². The molecule has 0 bridgehead atoms. The first kappa shape index (κ1) is 14.2. The minimum absolute atomic E-state index is 0.514. The average molecular weight is 341 g/mol. The summed E-state index contributed by atoms with van der Waals surface area (Å²) in [6, 6.07) is 17.2. The Labute approximate surface area is 133 Å². The standard InChI is InChI=1S/C18H17BrN2/c1-12-3-2-4-14(7-12)15-9-16(10-15)21-18-6-5-13(11-20)8-17(18)19/h2-8,15-16,21H,9-10H2,1H3. The molecule has 0 amide bonds. The Kier molecular flexibility index (Phi) is 3.98. The van der Waals surface area contributed by atoms with Crippen LogP contribution < -0.4 is 5.32 Å². The monoisotopic (exact) mass is 340 g/mol. The van der Waals surface area contributed by atoms with Gasteiger partial charge in [0.1, 0.15) is 0 Å². The fourth-order valence-corrected chi connectivity index (χ4v) is 3.35. The highest BCUT2D eigenvalue weighted by molar-refractivity contribution is 9.10. The minimum atomic E-state index is 0.514. The number of aryl methyl sites for hydroxylation is 1. The van der Waals surface area contributed by atoms with Gasteiger partial charge >= 0.3 is 0 Å². The van der Waals surface area contributed by atoms with Crippen LogP contribution in [-0.2, 0) is 0 Å². The van der Waals surface area contributed by atoms with Gasteiger partial charge in [-0.05, 0) is 65.4 Å². The molecule has 1 aliphatic rings. The molecule has 3 heteroatoms. The van der Waals surface area contributed by atoms with Gasteiger partial charge in [0.25, 0.3) is 0 Å². The SMILES string of the molecule is Cc1cccc(C2CC(Nc3ccc(C#N)cc3Br)C2)c1. The van der Waals surface area contributed by atoms with Crippen molar-refractivity contribution in [1.29, 1.82) is 5.26 Å². The molecule has 0 saturated heterocycles. The lowest BCUT2D eigenvalue weighted by molar-refractivity contribution is 0.374. The van der Waals surface area contributed by atoms with Crippen LogP contribution in [0.4, 0.5) is 5.69 Å². The molecule has 0 atom stereocenters. The maximum absolute atomic E-state index is 8.88. The normalized spacial score (nSPS) is 20.4.